The average Bonchev–Trinajstić information content (AvgIpc) is 2.31. The van der Waals surface area contributed by atoms with Crippen LogP contribution in [0.15, 0.2) is 30.3 Å². The highest BCUT2D eigenvalue weighted by atomic mass is 16.3. The minimum absolute atomic E-state index is 0.480. The molecule has 0 spiro atoms. The lowest BCUT2D eigenvalue weighted by Gasteiger charge is -2.06. The molecule has 0 bridgehead atoms. The standard InChI is InChI=1S/C12H9N3O2/c13-7-3-1-2-6-4-5-8-10(9(6)7)15-12(17)11(16)14-8/h1-5H,13H2,(H,14,16)(H,15,17). The molecule has 0 saturated carbocycles. The van der Waals surface area contributed by atoms with Gasteiger partial charge in [0.15, 0.2) is 0 Å². The van der Waals surface area contributed by atoms with Gasteiger partial charge >= 0.3 is 0 Å². The highest BCUT2D eigenvalue weighted by molar-refractivity contribution is 6.10. The predicted molar refractivity (Wildman–Crippen MR) is 64.8 cm³/mol. The molecule has 0 aliphatic heterocycles. The fraction of sp³-hybridized carbons (Fsp3) is 0. The van der Waals surface area contributed by atoms with Gasteiger partial charge in [-0.2, -0.15) is 0 Å². The molecule has 17 heavy (non-hydrogen) atoms. The second-order valence-corrected chi connectivity index (χ2v) is 3.75. The van der Waals surface area contributed by atoms with Crippen LogP contribution in [0.3, 0.4) is 0 Å². The number of hydrogen-bond acceptors (Lipinski definition) is 5. The highest BCUT2D eigenvalue weighted by Gasteiger charge is 2.10. The molecule has 1 heterocycles. The number of nitrogens with two attached hydrogens (primary N) is 1. The number of nitrogen functional groups attached to an aromatic ring is 1. The van der Waals surface area contributed by atoms with Crippen LogP contribution in [0.1, 0.15) is 0 Å². The van der Waals surface area contributed by atoms with Gasteiger partial charge in [-0.25, -0.2) is 9.97 Å². The van der Waals surface area contributed by atoms with E-state index >= 15 is 0 Å². The molecule has 4 N–H and O–H groups in total. The Morgan fingerprint density at radius 3 is 2.53 bits per heavy atom. The molecule has 0 aliphatic carbocycles. The number of benzene rings is 2. The Labute approximate surface area is 96.2 Å². The fourth-order valence-corrected chi connectivity index (χ4v) is 1.90. The number of aromatic hydroxyl groups is 2. The average molecular weight is 227 g/mol. The van der Waals surface area contributed by atoms with Crippen LogP contribution in [-0.2, 0) is 0 Å². The largest absolute Gasteiger partial charge is 0.489 e. The molecule has 0 atom stereocenters. The van der Waals surface area contributed by atoms with Crippen molar-refractivity contribution in [3.63, 3.8) is 0 Å². The third kappa shape index (κ3) is 1.32. The second kappa shape index (κ2) is 3.21. The number of rotatable bonds is 0. The number of nitrogens with zero attached hydrogens (tertiary/aromatic N) is 2. The van der Waals surface area contributed by atoms with Gasteiger partial charge < -0.3 is 15.9 Å². The van der Waals surface area contributed by atoms with Crippen LogP contribution in [-0.4, -0.2) is 20.2 Å². The maximum Gasteiger partial charge on any atom is 0.276 e. The summed E-state index contributed by atoms with van der Waals surface area (Å²) in [6, 6.07) is 9.07. The Kier molecular flexibility index (Phi) is 1.82. The van der Waals surface area contributed by atoms with Crippen molar-refractivity contribution in [2.45, 2.75) is 0 Å². The third-order valence-electron chi connectivity index (χ3n) is 2.67. The zero-order valence-electron chi connectivity index (χ0n) is 8.75. The van der Waals surface area contributed by atoms with Crippen molar-refractivity contribution in [2.75, 3.05) is 5.73 Å². The summed E-state index contributed by atoms with van der Waals surface area (Å²) >= 11 is 0. The summed E-state index contributed by atoms with van der Waals surface area (Å²) in [5.41, 5.74) is 7.43. The van der Waals surface area contributed by atoms with Crippen molar-refractivity contribution in [3.8, 4) is 11.8 Å². The molecular formula is C12H9N3O2. The molecule has 0 aliphatic rings. The first-order valence-corrected chi connectivity index (χ1v) is 5.04. The Hall–Kier alpha value is -2.56. The molecule has 84 valence electrons. The van der Waals surface area contributed by atoms with E-state index in [0.29, 0.717) is 16.7 Å². The quantitative estimate of drug-likeness (QED) is 0.402. The van der Waals surface area contributed by atoms with Gasteiger partial charge in [-0.3, -0.25) is 0 Å². The van der Waals surface area contributed by atoms with Gasteiger partial charge in [-0.05, 0) is 17.5 Å². The number of fused-ring (bicyclic) bond motifs is 3. The van der Waals surface area contributed by atoms with Gasteiger partial charge in [0.2, 0.25) is 0 Å². The van der Waals surface area contributed by atoms with Crippen LogP contribution in [0.2, 0.25) is 0 Å². The topological polar surface area (TPSA) is 92.3 Å². The number of hydrogen-bond donors (Lipinski definition) is 3. The molecule has 2 aromatic carbocycles. The summed E-state index contributed by atoms with van der Waals surface area (Å²) in [5.74, 6) is -0.973. The lowest BCUT2D eigenvalue weighted by Crippen LogP contribution is -1.91. The van der Waals surface area contributed by atoms with Crippen LogP contribution in [0.25, 0.3) is 21.8 Å². The first-order valence-electron chi connectivity index (χ1n) is 5.04. The lowest BCUT2D eigenvalue weighted by molar-refractivity contribution is 0.378. The predicted octanol–water partition coefficient (Wildman–Crippen LogP) is 1.78. The van der Waals surface area contributed by atoms with E-state index in [1.165, 1.54) is 0 Å². The monoisotopic (exact) mass is 227 g/mol. The van der Waals surface area contributed by atoms with Crippen LogP contribution >= 0.6 is 0 Å². The van der Waals surface area contributed by atoms with Gasteiger partial charge in [0, 0.05) is 11.1 Å². The van der Waals surface area contributed by atoms with E-state index in [1.54, 1.807) is 12.1 Å². The summed E-state index contributed by atoms with van der Waals surface area (Å²) in [6.45, 7) is 0. The molecule has 5 nitrogen and oxygen atoms in total. The van der Waals surface area contributed by atoms with Crippen molar-refractivity contribution in [2.24, 2.45) is 0 Å². The molecule has 5 heteroatoms. The third-order valence-corrected chi connectivity index (χ3v) is 2.67. The van der Waals surface area contributed by atoms with Crippen LogP contribution < -0.4 is 5.73 Å². The summed E-state index contributed by atoms with van der Waals surface area (Å²) in [4.78, 5) is 7.78. The maximum absolute atomic E-state index is 9.40. The highest BCUT2D eigenvalue weighted by Crippen LogP contribution is 2.31. The van der Waals surface area contributed by atoms with Crippen LogP contribution in [0.4, 0.5) is 5.69 Å². The molecule has 3 rings (SSSR count). The molecule has 1 aromatic heterocycles. The minimum atomic E-state index is -0.492. The zero-order chi connectivity index (χ0) is 12.0. The van der Waals surface area contributed by atoms with E-state index < -0.39 is 11.8 Å². The van der Waals surface area contributed by atoms with Crippen molar-refractivity contribution >= 4 is 27.5 Å². The molecular weight excluding hydrogens is 218 g/mol. The Bertz CT molecular complexity index is 740. The van der Waals surface area contributed by atoms with E-state index in [9.17, 15) is 10.2 Å². The molecule has 0 saturated heterocycles. The Morgan fingerprint density at radius 1 is 0.941 bits per heavy atom. The summed E-state index contributed by atoms with van der Waals surface area (Å²) < 4.78 is 0. The summed E-state index contributed by atoms with van der Waals surface area (Å²) in [6.07, 6.45) is 0. The van der Waals surface area contributed by atoms with E-state index in [2.05, 4.69) is 9.97 Å². The lowest BCUT2D eigenvalue weighted by atomic mass is 10.1. The van der Waals surface area contributed by atoms with Crippen LogP contribution in [0, 0.1) is 0 Å². The van der Waals surface area contributed by atoms with Gasteiger partial charge in [-0.15, -0.1) is 0 Å². The molecule has 3 aromatic rings. The maximum atomic E-state index is 9.40. The Morgan fingerprint density at radius 2 is 1.71 bits per heavy atom. The van der Waals surface area contributed by atoms with E-state index in [1.807, 2.05) is 18.2 Å². The first-order chi connectivity index (χ1) is 8.16. The first kappa shape index (κ1) is 9.65. The zero-order valence-corrected chi connectivity index (χ0v) is 8.75. The molecule has 0 amide bonds. The van der Waals surface area contributed by atoms with Gasteiger partial charge in [0.1, 0.15) is 5.52 Å². The van der Waals surface area contributed by atoms with E-state index in [4.69, 9.17) is 5.73 Å². The smallest absolute Gasteiger partial charge is 0.276 e. The van der Waals surface area contributed by atoms with Gasteiger partial charge in [0.05, 0.1) is 5.52 Å². The van der Waals surface area contributed by atoms with Crippen molar-refractivity contribution in [3.05, 3.63) is 30.3 Å². The van der Waals surface area contributed by atoms with E-state index in [0.717, 1.165) is 10.8 Å². The van der Waals surface area contributed by atoms with Crippen LogP contribution in [0.5, 0.6) is 11.8 Å². The van der Waals surface area contributed by atoms with Gasteiger partial charge in [0.25, 0.3) is 11.8 Å². The number of anilines is 1. The van der Waals surface area contributed by atoms with Crippen molar-refractivity contribution in [1.82, 2.24) is 9.97 Å². The van der Waals surface area contributed by atoms with Crippen molar-refractivity contribution in [1.29, 1.82) is 0 Å². The summed E-state index contributed by atoms with van der Waals surface area (Å²) in [7, 11) is 0. The SMILES string of the molecule is Nc1cccc2ccc3nc(O)c(O)nc3c12. The number of aromatic nitrogens is 2. The fourth-order valence-electron chi connectivity index (χ4n) is 1.90. The second-order valence-electron chi connectivity index (χ2n) is 3.75. The van der Waals surface area contributed by atoms with E-state index in [-0.39, 0.29) is 0 Å². The van der Waals surface area contributed by atoms with Gasteiger partial charge in [-0.1, -0.05) is 18.2 Å². The Balaban J connectivity index is 2.59. The minimum Gasteiger partial charge on any atom is -0.489 e. The van der Waals surface area contributed by atoms with Crippen molar-refractivity contribution < 1.29 is 10.2 Å². The molecule has 0 fully saturated rings. The summed E-state index contributed by atoms with van der Waals surface area (Å²) in [5, 5.41) is 20.4. The molecule has 0 unspecified atom stereocenters. The molecule has 0 radical (unpaired) electrons. The normalized spacial score (nSPS) is 11.1.